The minimum Gasteiger partial charge on any atom is -0.497 e. The van der Waals surface area contributed by atoms with Crippen molar-refractivity contribution in [3.8, 4) is 28.7 Å². The zero-order valence-electron chi connectivity index (χ0n) is 26.7. The van der Waals surface area contributed by atoms with Crippen molar-refractivity contribution in [2.45, 2.75) is 5.60 Å². The Balaban J connectivity index is 1.64. The maximum atomic E-state index is 7.25. The second-order valence-corrected chi connectivity index (χ2v) is 11.2. The van der Waals surface area contributed by atoms with Gasteiger partial charge in [-0.05, 0) is 76.5 Å². The Labute approximate surface area is 274 Å². The molecule has 1 aliphatic rings. The number of fused-ring (bicyclic) bond motifs is 3. The number of ether oxygens (including phenoxy) is 5. The standard InChI is InChI=1S/C42H34O5/c1-43-33-18-9-29(10-19-33)38(30-11-20-34(44-2)21-12-30)27-39-41-37-8-6-5-7-28(37)13-26-40(41)47-42(39,31-14-22-35(45-3)23-15-31)32-16-24-36(46-4)25-17-32/h5-26H,1-4H3. The highest BCUT2D eigenvalue weighted by atomic mass is 16.5. The molecule has 1 aliphatic heterocycles. The smallest absolute Gasteiger partial charge is 0.192 e. The minimum absolute atomic E-state index is 0.762. The van der Waals surface area contributed by atoms with Crippen molar-refractivity contribution in [1.82, 2.24) is 0 Å². The third-order valence-electron chi connectivity index (χ3n) is 8.76. The van der Waals surface area contributed by atoms with Gasteiger partial charge in [0.05, 0.1) is 34.0 Å². The molecule has 0 unspecified atom stereocenters. The number of rotatable bonds is 8. The molecule has 0 radical (unpaired) electrons. The summed E-state index contributed by atoms with van der Waals surface area (Å²) in [5, 5.41) is 2.20. The summed E-state index contributed by atoms with van der Waals surface area (Å²) in [7, 11) is 6.69. The van der Waals surface area contributed by atoms with Gasteiger partial charge >= 0.3 is 0 Å². The molecule has 6 aromatic carbocycles. The highest BCUT2D eigenvalue weighted by Gasteiger charge is 2.48. The lowest BCUT2D eigenvalue weighted by Crippen LogP contribution is -2.32. The predicted octanol–water partition coefficient (Wildman–Crippen LogP) is 9.32. The van der Waals surface area contributed by atoms with Gasteiger partial charge in [0.25, 0.3) is 0 Å². The highest BCUT2D eigenvalue weighted by Crippen LogP contribution is 2.56. The molecule has 7 rings (SSSR count). The van der Waals surface area contributed by atoms with Crippen LogP contribution in [0.2, 0.25) is 0 Å². The lowest BCUT2D eigenvalue weighted by atomic mass is 9.77. The van der Waals surface area contributed by atoms with Crippen LogP contribution in [-0.2, 0) is 5.60 Å². The van der Waals surface area contributed by atoms with E-state index >= 15 is 0 Å². The topological polar surface area (TPSA) is 46.2 Å². The molecule has 0 atom stereocenters. The summed E-state index contributed by atoms with van der Waals surface area (Å²) in [6, 6.07) is 44.9. The molecule has 6 aromatic rings. The van der Waals surface area contributed by atoms with Crippen LogP contribution in [0.3, 0.4) is 0 Å². The van der Waals surface area contributed by atoms with Gasteiger partial charge in [-0.25, -0.2) is 0 Å². The summed E-state index contributed by atoms with van der Waals surface area (Å²) < 4.78 is 29.4. The fourth-order valence-corrected chi connectivity index (χ4v) is 6.31. The van der Waals surface area contributed by atoms with E-state index in [2.05, 4.69) is 90.7 Å². The van der Waals surface area contributed by atoms with Crippen molar-refractivity contribution in [1.29, 1.82) is 0 Å². The van der Waals surface area contributed by atoms with Crippen molar-refractivity contribution in [3.05, 3.63) is 167 Å². The Hall–Kier alpha value is -5.90. The first-order chi connectivity index (χ1) is 23.1. The van der Waals surface area contributed by atoms with Crippen LogP contribution >= 0.6 is 0 Å². The third kappa shape index (κ3) is 5.27. The molecule has 0 bridgehead atoms. The molecule has 5 heteroatoms. The van der Waals surface area contributed by atoms with Gasteiger partial charge in [-0.1, -0.05) is 78.9 Å². The van der Waals surface area contributed by atoms with Crippen LogP contribution < -0.4 is 23.7 Å². The van der Waals surface area contributed by atoms with E-state index in [1.807, 2.05) is 48.5 Å². The highest BCUT2D eigenvalue weighted by molar-refractivity contribution is 6.02. The van der Waals surface area contributed by atoms with E-state index in [4.69, 9.17) is 23.7 Å². The molecule has 232 valence electrons. The Bertz CT molecular complexity index is 2010. The van der Waals surface area contributed by atoms with E-state index in [9.17, 15) is 0 Å². The van der Waals surface area contributed by atoms with Crippen molar-refractivity contribution in [2.24, 2.45) is 0 Å². The molecule has 0 aromatic heterocycles. The van der Waals surface area contributed by atoms with Crippen molar-refractivity contribution < 1.29 is 23.7 Å². The Morgan fingerprint density at radius 3 is 1.43 bits per heavy atom. The van der Waals surface area contributed by atoms with Crippen LogP contribution in [0, 0.1) is 0 Å². The monoisotopic (exact) mass is 618 g/mol. The molecule has 1 heterocycles. The molecule has 0 saturated heterocycles. The van der Waals surface area contributed by atoms with Crippen LogP contribution in [0.4, 0.5) is 0 Å². The second kappa shape index (κ2) is 12.5. The van der Waals surface area contributed by atoms with Gasteiger partial charge in [-0.3, -0.25) is 0 Å². The number of hydrogen-bond donors (Lipinski definition) is 0. The number of benzene rings is 6. The van der Waals surface area contributed by atoms with Gasteiger partial charge in [0.15, 0.2) is 5.60 Å². The van der Waals surface area contributed by atoms with E-state index in [1.165, 1.54) is 0 Å². The molecule has 5 nitrogen and oxygen atoms in total. The van der Waals surface area contributed by atoms with Crippen LogP contribution in [0.1, 0.15) is 27.8 Å². The summed E-state index contributed by atoms with van der Waals surface area (Å²) in [5.74, 6) is 3.86. The second-order valence-electron chi connectivity index (χ2n) is 11.2. The Morgan fingerprint density at radius 1 is 0.511 bits per heavy atom. The van der Waals surface area contributed by atoms with Gasteiger partial charge in [-0.15, -0.1) is 5.73 Å². The van der Waals surface area contributed by atoms with E-state index in [1.54, 1.807) is 28.4 Å². The number of methoxy groups -OCH3 is 4. The van der Waals surface area contributed by atoms with Crippen LogP contribution in [0.5, 0.6) is 28.7 Å². The van der Waals surface area contributed by atoms with Crippen LogP contribution in [-0.4, -0.2) is 28.4 Å². The predicted molar refractivity (Wildman–Crippen MR) is 187 cm³/mol. The zero-order chi connectivity index (χ0) is 32.4. The van der Waals surface area contributed by atoms with E-state index in [-0.39, 0.29) is 0 Å². The lowest BCUT2D eigenvalue weighted by Gasteiger charge is -2.31. The maximum Gasteiger partial charge on any atom is 0.192 e. The average molecular weight is 619 g/mol. The van der Waals surface area contributed by atoms with Gasteiger partial charge in [0.1, 0.15) is 28.7 Å². The largest absolute Gasteiger partial charge is 0.497 e. The van der Waals surface area contributed by atoms with Gasteiger partial charge < -0.3 is 23.7 Å². The third-order valence-corrected chi connectivity index (χ3v) is 8.76. The molecule has 0 N–H and O–H groups in total. The van der Waals surface area contributed by atoms with E-state index in [0.717, 1.165) is 78.5 Å². The van der Waals surface area contributed by atoms with Crippen molar-refractivity contribution >= 4 is 21.9 Å². The van der Waals surface area contributed by atoms with Crippen molar-refractivity contribution in [3.63, 3.8) is 0 Å². The first-order valence-corrected chi connectivity index (χ1v) is 15.4. The molecule has 0 saturated carbocycles. The molecular formula is C42H34O5. The molecule has 0 fully saturated rings. The SMILES string of the molecule is COc1ccc(C(=C=C2c3c(ccc4ccccc34)OC2(c2ccc(OC)cc2)c2ccc(OC)cc2)c2ccc(OC)cc2)cc1. The normalized spacial score (nSPS) is 12.9. The summed E-state index contributed by atoms with van der Waals surface area (Å²) in [4.78, 5) is 0. The summed E-state index contributed by atoms with van der Waals surface area (Å²) in [6.07, 6.45) is 0. The lowest BCUT2D eigenvalue weighted by molar-refractivity contribution is 0.192. The van der Waals surface area contributed by atoms with Gasteiger partial charge in [0.2, 0.25) is 0 Å². The molecule has 0 amide bonds. The fraction of sp³-hybridized carbons (Fsp3) is 0.119. The summed E-state index contributed by atoms with van der Waals surface area (Å²) in [6.45, 7) is 0. The molecular weight excluding hydrogens is 584 g/mol. The molecule has 47 heavy (non-hydrogen) atoms. The molecule has 0 spiro atoms. The summed E-state index contributed by atoms with van der Waals surface area (Å²) in [5.41, 5.74) is 9.55. The molecule has 0 aliphatic carbocycles. The number of hydrogen-bond acceptors (Lipinski definition) is 5. The maximum absolute atomic E-state index is 7.25. The average Bonchev–Trinajstić information content (AvgIpc) is 3.49. The quantitative estimate of drug-likeness (QED) is 0.159. The zero-order valence-corrected chi connectivity index (χ0v) is 26.7. The minimum atomic E-state index is -1.06. The van der Waals surface area contributed by atoms with Crippen LogP contribution in [0.25, 0.3) is 21.9 Å². The summed E-state index contributed by atoms with van der Waals surface area (Å²) >= 11 is 0. The first kappa shape index (κ1) is 29.8. The Morgan fingerprint density at radius 2 is 0.957 bits per heavy atom. The van der Waals surface area contributed by atoms with E-state index in [0.29, 0.717) is 0 Å². The Kier molecular flexibility index (Phi) is 7.91. The van der Waals surface area contributed by atoms with Crippen molar-refractivity contribution in [2.75, 3.05) is 28.4 Å². The first-order valence-electron chi connectivity index (χ1n) is 15.4. The van der Waals surface area contributed by atoms with Gasteiger partial charge in [0, 0.05) is 22.3 Å². The fourth-order valence-electron chi connectivity index (χ4n) is 6.31. The van der Waals surface area contributed by atoms with Crippen LogP contribution in [0.15, 0.2) is 139 Å². The van der Waals surface area contributed by atoms with Gasteiger partial charge in [-0.2, -0.15) is 0 Å². The van der Waals surface area contributed by atoms with E-state index < -0.39 is 5.60 Å².